The van der Waals surface area contributed by atoms with Crippen LogP contribution in [0.2, 0.25) is 0 Å². The molecule has 6 heteroatoms. The third-order valence-electron chi connectivity index (χ3n) is 4.95. The van der Waals surface area contributed by atoms with Crippen LogP contribution in [0.5, 0.6) is 0 Å². The quantitative estimate of drug-likeness (QED) is 0.831. The summed E-state index contributed by atoms with van der Waals surface area (Å²) in [6, 6.07) is -0.0204. The first-order chi connectivity index (χ1) is 10.6. The van der Waals surface area contributed by atoms with Crippen molar-refractivity contribution in [3.63, 3.8) is 0 Å². The van der Waals surface area contributed by atoms with Crippen molar-refractivity contribution in [3.05, 3.63) is 18.0 Å². The molecule has 2 fully saturated rings. The number of aromatic nitrogens is 2. The van der Waals surface area contributed by atoms with Gasteiger partial charge in [0, 0.05) is 26.3 Å². The predicted octanol–water partition coefficient (Wildman–Crippen LogP) is 0.847. The summed E-state index contributed by atoms with van der Waals surface area (Å²) >= 11 is 0. The van der Waals surface area contributed by atoms with E-state index in [-0.39, 0.29) is 11.9 Å². The molecule has 0 saturated carbocycles. The Morgan fingerprint density at radius 2 is 1.95 bits per heavy atom. The normalized spacial score (nSPS) is 22.7. The fraction of sp³-hybridized carbons (Fsp3) is 0.750. The van der Waals surface area contributed by atoms with Gasteiger partial charge in [-0.05, 0) is 44.3 Å². The van der Waals surface area contributed by atoms with Gasteiger partial charge in [0.15, 0.2) is 0 Å². The van der Waals surface area contributed by atoms with Gasteiger partial charge in [0.05, 0.1) is 25.5 Å². The maximum atomic E-state index is 12.6. The highest BCUT2D eigenvalue weighted by Gasteiger charge is 2.30. The second-order valence-electron chi connectivity index (χ2n) is 6.37. The van der Waals surface area contributed by atoms with Crippen LogP contribution in [0.15, 0.2) is 12.4 Å². The zero-order chi connectivity index (χ0) is 15.5. The van der Waals surface area contributed by atoms with Gasteiger partial charge in [-0.2, -0.15) is 5.10 Å². The Hall–Kier alpha value is -1.40. The molecule has 3 rings (SSSR count). The Morgan fingerprint density at radius 3 is 2.55 bits per heavy atom. The summed E-state index contributed by atoms with van der Waals surface area (Å²) in [7, 11) is 1.96. The van der Waals surface area contributed by atoms with Gasteiger partial charge in [0.1, 0.15) is 0 Å². The molecule has 1 unspecified atom stereocenters. The average molecular weight is 306 g/mol. The van der Waals surface area contributed by atoms with Crippen molar-refractivity contribution in [3.8, 4) is 0 Å². The summed E-state index contributed by atoms with van der Waals surface area (Å²) in [5, 5.41) is 4.27. The molecule has 0 radical (unpaired) electrons. The van der Waals surface area contributed by atoms with E-state index in [1.165, 1.54) is 5.56 Å². The molecule has 0 spiro atoms. The largest absolute Gasteiger partial charge is 0.378 e. The van der Waals surface area contributed by atoms with Crippen molar-refractivity contribution in [2.24, 2.45) is 7.05 Å². The molecule has 0 N–H and O–H groups in total. The minimum atomic E-state index is -0.0204. The molecule has 0 aromatic carbocycles. The second kappa shape index (κ2) is 6.79. The Balaban J connectivity index is 1.53. The number of hydrogen-bond acceptors (Lipinski definition) is 4. The number of rotatable bonds is 3. The van der Waals surface area contributed by atoms with Crippen LogP contribution >= 0.6 is 0 Å². The summed E-state index contributed by atoms with van der Waals surface area (Å²) in [6.45, 7) is 6.81. The number of ether oxygens (including phenoxy) is 1. The molecule has 6 nitrogen and oxygen atoms in total. The van der Waals surface area contributed by atoms with E-state index in [1.54, 1.807) is 0 Å². The molecule has 22 heavy (non-hydrogen) atoms. The molecule has 0 bridgehead atoms. The van der Waals surface area contributed by atoms with Crippen LogP contribution in [-0.4, -0.2) is 70.9 Å². The van der Waals surface area contributed by atoms with Gasteiger partial charge in [-0.1, -0.05) is 0 Å². The van der Waals surface area contributed by atoms with E-state index >= 15 is 0 Å². The summed E-state index contributed by atoms with van der Waals surface area (Å²) < 4.78 is 7.19. The molecular weight excluding hydrogens is 280 g/mol. The number of morpholine rings is 1. The first-order valence-electron chi connectivity index (χ1n) is 8.24. The lowest BCUT2D eigenvalue weighted by Gasteiger charge is -2.38. The number of hydrogen-bond donors (Lipinski definition) is 0. The van der Waals surface area contributed by atoms with Crippen molar-refractivity contribution in [2.75, 3.05) is 39.4 Å². The Kier molecular flexibility index (Phi) is 4.78. The van der Waals surface area contributed by atoms with Gasteiger partial charge in [-0.25, -0.2) is 0 Å². The lowest BCUT2D eigenvalue weighted by molar-refractivity contribution is -0.140. The minimum absolute atomic E-state index is 0.0204. The number of piperidine rings is 1. The first kappa shape index (κ1) is 15.5. The number of amides is 1. The topological polar surface area (TPSA) is 50.6 Å². The van der Waals surface area contributed by atoms with Crippen molar-refractivity contribution in [1.82, 2.24) is 19.6 Å². The Labute approximate surface area is 132 Å². The van der Waals surface area contributed by atoms with Crippen LogP contribution in [0.3, 0.4) is 0 Å². The van der Waals surface area contributed by atoms with Crippen LogP contribution in [0.25, 0.3) is 0 Å². The zero-order valence-corrected chi connectivity index (χ0v) is 13.6. The molecule has 2 saturated heterocycles. The van der Waals surface area contributed by atoms with E-state index in [0.29, 0.717) is 19.1 Å². The van der Waals surface area contributed by atoms with Crippen LogP contribution < -0.4 is 0 Å². The van der Waals surface area contributed by atoms with E-state index in [9.17, 15) is 4.79 Å². The summed E-state index contributed by atoms with van der Waals surface area (Å²) in [5.74, 6) is 0.832. The first-order valence-corrected chi connectivity index (χ1v) is 8.24. The number of carbonyl (C=O) groups excluding carboxylic acids is 1. The number of likely N-dealkylation sites (tertiary alicyclic amines) is 1. The maximum absolute atomic E-state index is 12.6. The average Bonchev–Trinajstić information content (AvgIpc) is 3.01. The molecule has 1 amide bonds. The van der Waals surface area contributed by atoms with Crippen LogP contribution in [0.1, 0.15) is 31.2 Å². The van der Waals surface area contributed by atoms with Gasteiger partial charge >= 0.3 is 0 Å². The van der Waals surface area contributed by atoms with Crippen LogP contribution in [0.4, 0.5) is 0 Å². The smallest absolute Gasteiger partial charge is 0.239 e. The Bertz CT molecular complexity index is 502. The standard InChI is InChI=1S/C16H26N4O2/c1-13(16(21)20-7-9-22-10-8-20)19-5-3-14(4-6-19)15-11-17-18(2)12-15/h11-14H,3-10H2,1-2H3. The number of aryl methyl sites for hydroxylation is 1. The number of nitrogens with zero attached hydrogens (tertiary/aromatic N) is 4. The molecule has 122 valence electrons. The van der Waals surface area contributed by atoms with E-state index in [4.69, 9.17) is 4.74 Å². The van der Waals surface area contributed by atoms with E-state index in [1.807, 2.05) is 29.7 Å². The molecule has 1 aromatic heterocycles. The Morgan fingerprint density at radius 1 is 1.27 bits per heavy atom. The summed E-state index contributed by atoms with van der Waals surface area (Å²) in [5.41, 5.74) is 1.33. The van der Waals surface area contributed by atoms with Crippen LogP contribution in [-0.2, 0) is 16.6 Å². The van der Waals surface area contributed by atoms with Gasteiger partial charge < -0.3 is 9.64 Å². The fourth-order valence-electron chi connectivity index (χ4n) is 3.48. The zero-order valence-electron chi connectivity index (χ0n) is 13.6. The lowest BCUT2D eigenvalue weighted by atomic mass is 9.91. The van der Waals surface area contributed by atoms with Crippen molar-refractivity contribution in [2.45, 2.75) is 31.7 Å². The third-order valence-corrected chi connectivity index (χ3v) is 4.95. The molecule has 3 heterocycles. The highest BCUT2D eigenvalue weighted by molar-refractivity contribution is 5.81. The van der Waals surface area contributed by atoms with Crippen LogP contribution in [0, 0.1) is 0 Å². The maximum Gasteiger partial charge on any atom is 0.239 e. The van der Waals surface area contributed by atoms with Crippen molar-refractivity contribution in [1.29, 1.82) is 0 Å². The molecule has 1 aromatic rings. The van der Waals surface area contributed by atoms with E-state index in [0.717, 1.165) is 39.0 Å². The lowest BCUT2D eigenvalue weighted by Crippen LogP contribution is -2.52. The monoisotopic (exact) mass is 306 g/mol. The molecule has 0 aliphatic carbocycles. The van der Waals surface area contributed by atoms with Gasteiger partial charge in [-0.3, -0.25) is 14.4 Å². The fourth-order valence-corrected chi connectivity index (χ4v) is 3.48. The molecular formula is C16H26N4O2. The van der Waals surface area contributed by atoms with E-state index < -0.39 is 0 Å². The van der Waals surface area contributed by atoms with Gasteiger partial charge in [0.2, 0.25) is 5.91 Å². The minimum Gasteiger partial charge on any atom is -0.378 e. The second-order valence-corrected chi connectivity index (χ2v) is 6.37. The highest BCUT2D eigenvalue weighted by atomic mass is 16.5. The van der Waals surface area contributed by atoms with Gasteiger partial charge in [0.25, 0.3) is 0 Å². The van der Waals surface area contributed by atoms with Gasteiger partial charge in [-0.15, -0.1) is 0 Å². The van der Waals surface area contributed by atoms with Crippen molar-refractivity contribution >= 4 is 5.91 Å². The molecule has 2 aliphatic rings. The summed E-state index contributed by atoms with van der Waals surface area (Å²) in [4.78, 5) is 16.8. The number of carbonyl (C=O) groups is 1. The molecule has 2 aliphatic heterocycles. The van der Waals surface area contributed by atoms with Crippen molar-refractivity contribution < 1.29 is 9.53 Å². The summed E-state index contributed by atoms with van der Waals surface area (Å²) in [6.07, 6.45) is 6.30. The SMILES string of the molecule is CC(C(=O)N1CCOCC1)N1CCC(c2cnn(C)c2)CC1. The highest BCUT2D eigenvalue weighted by Crippen LogP contribution is 2.28. The molecule has 1 atom stereocenters. The van der Waals surface area contributed by atoms with E-state index in [2.05, 4.69) is 16.2 Å². The third kappa shape index (κ3) is 3.33. The predicted molar refractivity (Wildman–Crippen MR) is 83.6 cm³/mol.